The second-order valence-corrected chi connectivity index (χ2v) is 3.36. The SMILES string of the molecule is Cc1cc(CN)c(O)c(Br)c1O. The van der Waals surface area contributed by atoms with Crippen molar-refractivity contribution in [1.29, 1.82) is 0 Å². The molecule has 0 atom stereocenters. The van der Waals surface area contributed by atoms with Gasteiger partial charge in [0.05, 0.1) is 0 Å². The predicted molar refractivity (Wildman–Crippen MR) is 50.1 cm³/mol. The Morgan fingerprint density at radius 3 is 2.50 bits per heavy atom. The molecular weight excluding hydrogens is 222 g/mol. The van der Waals surface area contributed by atoms with E-state index in [2.05, 4.69) is 15.9 Å². The molecule has 4 heteroatoms. The van der Waals surface area contributed by atoms with Crippen LogP contribution in [0.2, 0.25) is 0 Å². The van der Waals surface area contributed by atoms with Crippen LogP contribution in [-0.2, 0) is 6.54 Å². The molecule has 0 saturated carbocycles. The van der Waals surface area contributed by atoms with Gasteiger partial charge in [0, 0.05) is 12.1 Å². The Labute approximate surface area is 79.0 Å². The second kappa shape index (κ2) is 3.33. The van der Waals surface area contributed by atoms with Crippen LogP contribution in [0.15, 0.2) is 10.5 Å². The number of nitrogens with two attached hydrogens (primary N) is 1. The van der Waals surface area contributed by atoms with Crippen molar-refractivity contribution < 1.29 is 10.2 Å². The van der Waals surface area contributed by atoms with Crippen molar-refractivity contribution in [3.63, 3.8) is 0 Å². The first-order chi connectivity index (χ1) is 5.57. The molecule has 0 heterocycles. The average molecular weight is 232 g/mol. The minimum Gasteiger partial charge on any atom is -0.506 e. The number of aromatic hydroxyl groups is 2. The molecule has 1 rings (SSSR count). The van der Waals surface area contributed by atoms with Gasteiger partial charge in [-0.2, -0.15) is 0 Å². The second-order valence-electron chi connectivity index (χ2n) is 2.57. The van der Waals surface area contributed by atoms with E-state index in [0.717, 1.165) is 0 Å². The summed E-state index contributed by atoms with van der Waals surface area (Å²) in [7, 11) is 0. The zero-order valence-electron chi connectivity index (χ0n) is 6.63. The van der Waals surface area contributed by atoms with Gasteiger partial charge in [0.25, 0.3) is 0 Å². The van der Waals surface area contributed by atoms with Crippen LogP contribution in [0.4, 0.5) is 0 Å². The molecule has 0 bridgehead atoms. The molecule has 0 aliphatic rings. The third-order valence-corrected chi connectivity index (χ3v) is 2.46. The van der Waals surface area contributed by atoms with Gasteiger partial charge in [0.15, 0.2) is 0 Å². The van der Waals surface area contributed by atoms with Crippen LogP contribution in [0.3, 0.4) is 0 Å². The summed E-state index contributed by atoms with van der Waals surface area (Å²) in [6, 6.07) is 1.66. The van der Waals surface area contributed by atoms with Gasteiger partial charge < -0.3 is 15.9 Å². The monoisotopic (exact) mass is 231 g/mol. The van der Waals surface area contributed by atoms with Crippen LogP contribution in [-0.4, -0.2) is 10.2 Å². The third kappa shape index (κ3) is 1.40. The Hall–Kier alpha value is -0.740. The number of hydrogen-bond acceptors (Lipinski definition) is 3. The molecule has 1 aromatic carbocycles. The van der Waals surface area contributed by atoms with E-state index < -0.39 is 0 Å². The lowest BCUT2D eigenvalue weighted by Crippen LogP contribution is -1.97. The molecule has 0 aromatic heterocycles. The standard InChI is InChI=1S/C8H10BrNO2/c1-4-2-5(3-10)8(12)6(9)7(4)11/h2,11-12H,3,10H2,1H3. The zero-order chi connectivity index (χ0) is 9.30. The molecule has 0 spiro atoms. The van der Waals surface area contributed by atoms with E-state index in [1.54, 1.807) is 13.0 Å². The molecule has 1 aromatic rings. The van der Waals surface area contributed by atoms with E-state index in [1.807, 2.05) is 0 Å². The van der Waals surface area contributed by atoms with Gasteiger partial charge in [0.2, 0.25) is 0 Å². The van der Waals surface area contributed by atoms with Crippen molar-refractivity contribution in [2.45, 2.75) is 13.5 Å². The summed E-state index contributed by atoms with van der Waals surface area (Å²) in [6.07, 6.45) is 0. The van der Waals surface area contributed by atoms with Gasteiger partial charge in [-0.05, 0) is 34.5 Å². The molecule has 0 radical (unpaired) electrons. The Kier molecular flexibility index (Phi) is 2.59. The van der Waals surface area contributed by atoms with Gasteiger partial charge in [-0.15, -0.1) is 0 Å². The van der Waals surface area contributed by atoms with E-state index in [-0.39, 0.29) is 18.0 Å². The van der Waals surface area contributed by atoms with Crippen LogP contribution >= 0.6 is 15.9 Å². The number of phenolic OH excluding ortho intramolecular Hbond substituents is 2. The molecule has 0 amide bonds. The topological polar surface area (TPSA) is 66.5 Å². The molecule has 0 saturated heterocycles. The summed E-state index contributed by atoms with van der Waals surface area (Å²) < 4.78 is 0.308. The van der Waals surface area contributed by atoms with Crippen LogP contribution in [0.5, 0.6) is 11.5 Å². The summed E-state index contributed by atoms with van der Waals surface area (Å²) in [5.74, 6) is 0.0744. The highest BCUT2D eigenvalue weighted by molar-refractivity contribution is 9.10. The number of benzene rings is 1. The van der Waals surface area contributed by atoms with Crippen molar-refractivity contribution in [2.75, 3.05) is 0 Å². The lowest BCUT2D eigenvalue weighted by molar-refractivity contribution is 0.437. The Balaban J connectivity index is 3.39. The lowest BCUT2D eigenvalue weighted by Gasteiger charge is -2.08. The number of halogens is 1. The summed E-state index contributed by atoms with van der Waals surface area (Å²) in [4.78, 5) is 0. The highest BCUT2D eigenvalue weighted by Gasteiger charge is 2.11. The number of rotatable bonds is 1. The normalized spacial score (nSPS) is 10.2. The first kappa shape index (κ1) is 9.35. The van der Waals surface area contributed by atoms with Gasteiger partial charge in [-0.3, -0.25) is 0 Å². The van der Waals surface area contributed by atoms with E-state index in [4.69, 9.17) is 5.73 Å². The summed E-state index contributed by atoms with van der Waals surface area (Å²) in [5.41, 5.74) is 6.69. The fraction of sp³-hybridized carbons (Fsp3) is 0.250. The minimum absolute atomic E-state index is 0.0144. The molecular formula is C8H10BrNO2. The van der Waals surface area contributed by atoms with Crippen LogP contribution in [0.25, 0.3) is 0 Å². The molecule has 4 N–H and O–H groups in total. The Morgan fingerprint density at radius 1 is 1.42 bits per heavy atom. The fourth-order valence-corrected chi connectivity index (χ4v) is 1.55. The first-order valence-electron chi connectivity index (χ1n) is 3.48. The van der Waals surface area contributed by atoms with E-state index >= 15 is 0 Å². The summed E-state index contributed by atoms with van der Waals surface area (Å²) >= 11 is 3.07. The maximum atomic E-state index is 9.42. The molecule has 0 aliphatic carbocycles. The zero-order valence-corrected chi connectivity index (χ0v) is 8.22. The van der Waals surface area contributed by atoms with Crippen molar-refractivity contribution in [3.8, 4) is 11.5 Å². The van der Waals surface area contributed by atoms with Crippen LogP contribution in [0.1, 0.15) is 11.1 Å². The van der Waals surface area contributed by atoms with Crippen molar-refractivity contribution in [3.05, 3.63) is 21.7 Å². The van der Waals surface area contributed by atoms with Crippen molar-refractivity contribution in [2.24, 2.45) is 5.73 Å². The van der Waals surface area contributed by atoms with Crippen LogP contribution in [0, 0.1) is 6.92 Å². The van der Waals surface area contributed by atoms with Crippen molar-refractivity contribution in [1.82, 2.24) is 0 Å². The first-order valence-corrected chi connectivity index (χ1v) is 4.27. The van der Waals surface area contributed by atoms with Gasteiger partial charge in [-0.25, -0.2) is 0 Å². The average Bonchev–Trinajstić information content (AvgIpc) is 2.08. The van der Waals surface area contributed by atoms with Crippen LogP contribution < -0.4 is 5.73 Å². The van der Waals surface area contributed by atoms with Crippen molar-refractivity contribution >= 4 is 15.9 Å². The molecule has 3 nitrogen and oxygen atoms in total. The molecule has 12 heavy (non-hydrogen) atoms. The summed E-state index contributed by atoms with van der Waals surface area (Å²) in [6.45, 7) is 2.00. The quantitative estimate of drug-likeness (QED) is 0.689. The number of aryl methyl sites for hydroxylation is 1. The maximum Gasteiger partial charge on any atom is 0.138 e. The van der Waals surface area contributed by atoms with E-state index in [9.17, 15) is 10.2 Å². The predicted octanol–water partition coefficient (Wildman–Crippen LogP) is 1.63. The smallest absolute Gasteiger partial charge is 0.138 e. The minimum atomic E-state index is 0.0144. The number of phenols is 2. The highest BCUT2D eigenvalue weighted by Crippen LogP contribution is 2.37. The maximum absolute atomic E-state index is 9.42. The number of hydrogen-bond donors (Lipinski definition) is 3. The van der Waals surface area contributed by atoms with E-state index in [0.29, 0.717) is 15.6 Å². The fourth-order valence-electron chi connectivity index (χ4n) is 0.980. The third-order valence-electron chi connectivity index (χ3n) is 1.70. The van der Waals surface area contributed by atoms with Gasteiger partial charge in [-0.1, -0.05) is 0 Å². The Bertz CT molecular complexity index is 312. The lowest BCUT2D eigenvalue weighted by atomic mass is 10.1. The largest absolute Gasteiger partial charge is 0.506 e. The van der Waals surface area contributed by atoms with E-state index in [1.165, 1.54) is 0 Å². The van der Waals surface area contributed by atoms with Gasteiger partial charge >= 0.3 is 0 Å². The molecule has 0 unspecified atom stereocenters. The highest BCUT2D eigenvalue weighted by atomic mass is 79.9. The molecule has 0 aliphatic heterocycles. The van der Waals surface area contributed by atoms with Gasteiger partial charge in [0.1, 0.15) is 16.0 Å². The molecule has 66 valence electrons. The summed E-state index contributed by atoms with van der Waals surface area (Å²) in [5, 5.41) is 18.8. The Morgan fingerprint density at radius 2 is 2.00 bits per heavy atom. The molecule has 0 fully saturated rings.